The molecular weight excluding hydrogens is 402 g/mol. The van der Waals surface area contributed by atoms with Crippen molar-refractivity contribution in [3.63, 3.8) is 0 Å². The first-order valence-corrected chi connectivity index (χ1v) is 10.2. The lowest BCUT2D eigenvalue weighted by molar-refractivity contribution is -0.769. The molecule has 8 heteroatoms. The van der Waals surface area contributed by atoms with Gasteiger partial charge in [-0.3, -0.25) is 0 Å². The average molecular weight is 419 g/mol. The Bertz CT molecular complexity index is 895. The Hall–Kier alpha value is -2.92. The van der Waals surface area contributed by atoms with Crippen LogP contribution in [-0.2, 0) is 11.0 Å². The first-order valence-electron chi connectivity index (χ1n) is 8.70. The number of nitrogens with zero attached hydrogens (tertiary/aromatic N) is 1. The van der Waals surface area contributed by atoms with Crippen molar-refractivity contribution in [2.45, 2.75) is 12.3 Å². The SMILES string of the molecule is O=[N+]([O-])OC(CP(c1ccccc1)c1ccccc1)c1ccc(C(F)(F)F)cc1. The van der Waals surface area contributed by atoms with Gasteiger partial charge in [0.2, 0.25) is 0 Å². The maximum atomic E-state index is 12.8. The van der Waals surface area contributed by atoms with Gasteiger partial charge in [0.1, 0.15) is 6.10 Å². The third-order valence-corrected chi connectivity index (χ3v) is 6.85. The Morgan fingerprint density at radius 1 is 0.862 bits per heavy atom. The summed E-state index contributed by atoms with van der Waals surface area (Å²) in [4.78, 5) is 16.0. The lowest BCUT2D eigenvalue weighted by Gasteiger charge is -2.24. The highest BCUT2D eigenvalue weighted by atomic mass is 31.1. The van der Waals surface area contributed by atoms with E-state index in [1.54, 1.807) is 0 Å². The predicted octanol–water partition coefficient (Wildman–Crippen LogP) is 5.09. The molecule has 0 aliphatic heterocycles. The van der Waals surface area contributed by atoms with E-state index in [2.05, 4.69) is 0 Å². The molecule has 0 spiro atoms. The van der Waals surface area contributed by atoms with Gasteiger partial charge in [-0.2, -0.15) is 13.2 Å². The summed E-state index contributed by atoms with van der Waals surface area (Å²) in [5.41, 5.74) is -0.483. The van der Waals surface area contributed by atoms with Crippen LogP contribution in [0.25, 0.3) is 0 Å². The van der Waals surface area contributed by atoms with E-state index in [-0.39, 0.29) is 6.16 Å². The van der Waals surface area contributed by atoms with Crippen molar-refractivity contribution >= 4 is 18.5 Å². The van der Waals surface area contributed by atoms with E-state index >= 15 is 0 Å². The maximum absolute atomic E-state index is 12.8. The Balaban J connectivity index is 1.95. The van der Waals surface area contributed by atoms with Crippen LogP contribution >= 0.6 is 7.92 Å². The van der Waals surface area contributed by atoms with Crippen molar-refractivity contribution in [3.05, 3.63) is 106 Å². The van der Waals surface area contributed by atoms with E-state index in [0.717, 1.165) is 22.7 Å². The third kappa shape index (κ3) is 5.55. The van der Waals surface area contributed by atoms with Crippen LogP contribution in [-0.4, -0.2) is 11.2 Å². The summed E-state index contributed by atoms with van der Waals surface area (Å²) >= 11 is 0. The predicted molar refractivity (Wildman–Crippen MR) is 106 cm³/mol. The molecule has 3 aromatic carbocycles. The number of rotatable bonds is 7. The van der Waals surface area contributed by atoms with Crippen LogP contribution in [0, 0.1) is 10.1 Å². The Labute approximate surface area is 166 Å². The number of benzene rings is 3. The molecule has 1 unspecified atom stereocenters. The van der Waals surface area contributed by atoms with Gasteiger partial charge in [-0.05, 0) is 36.2 Å². The van der Waals surface area contributed by atoms with Crippen LogP contribution in [0.5, 0.6) is 0 Å². The Kier molecular flexibility index (Phi) is 6.49. The van der Waals surface area contributed by atoms with E-state index in [4.69, 9.17) is 4.84 Å². The zero-order chi connectivity index (χ0) is 20.9. The van der Waals surface area contributed by atoms with Crippen molar-refractivity contribution in [1.29, 1.82) is 0 Å². The number of hydrogen-bond donors (Lipinski definition) is 0. The highest BCUT2D eigenvalue weighted by molar-refractivity contribution is 7.73. The minimum absolute atomic E-state index is 0.260. The standard InChI is InChI=1S/C21H17F3NO3P/c22-21(23,24)17-13-11-16(12-14-17)20(28-25(26)27)15-29(18-7-3-1-4-8-18)19-9-5-2-6-10-19/h1-14,20H,15H2. The topological polar surface area (TPSA) is 52.4 Å². The van der Waals surface area contributed by atoms with Crippen LogP contribution in [0.1, 0.15) is 17.2 Å². The summed E-state index contributed by atoms with van der Waals surface area (Å²) in [6, 6.07) is 23.4. The average Bonchev–Trinajstić information content (AvgIpc) is 2.71. The molecule has 0 amide bonds. The van der Waals surface area contributed by atoms with Crippen LogP contribution in [0.15, 0.2) is 84.9 Å². The summed E-state index contributed by atoms with van der Waals surface area (Å²) < 4.78 is 38.5. The molecule has 0 radical (unpaired) electrons. The van der Waals surface area contributed by atoms with E-state index in [1.807, 2.05) is 60.7 Å². The van der Waals surface area contributed by atoms with E-state index in [0.29, 0.717) is 5.56 Å². The van der Waals surface area contributed by atoms with Crippen molar-refractivity contribution in [2.75, 3.05) is 6.16 Å². The molecule has 4 nitrogen and oxygen atoms in total. The molecular formula is C21H17F3NO3P. The second kappa shape index (κ2) is 9.05. The maximum Gasteiger partial charge on any atom is 0.416 e. The van der Waals surface area contributed by atoms with Gasteiger partial charge in [-0.1, -0.05) is 72.8 Å². The molecule has 150 valence electrons. The fourth-order valence-electron chi connectivity index (χ4n) is 2.93. The van der Waals surface area contributed by atoms with Crippen LogP contribution in [0.4, 0.5) is 13.2 Å². The molecule has 0 bridgehead atoms. The zero-order valence-corrected chi connectivity index (χ0v) is 16.0. The number of hydrogen-bond acceptors (Lipinski definition) is 3. The first-order chi connectivity index (χ1) is 13.8. The highest BCUT2D eigenvalue weighted by Crippen LogP contribution is 2.40. The second-order valence-electron chi connectivity index (χ2n) is 6.22. The Morgan fingerprint density at radius 2 is 1.34 bits per heavy atom. The number of alkyl halides is 3. The van der Waals surface area contributed by atoms with E-state index in [1.165, 1.54) is 12.1 Å². The number of halogens is 3. The lowest BCUT2D eigenvalue weighted by Crippen LogP contribution is -2.21. The van der Waals surface area contributed by atoms with Gasteiger partial charge in [0.25, 0.3) is 5.09 Å². The van der Waals surface area contributed by atoms with Crippen molar-refractivity contribution in [1.82, 2.24) is 0 Å². The summed E-state index contributed by atoms with van der Waals surface area (Å²) in [6.07, 6.45) is -5.20. The molecule has 0 heterocycles. The summed E-state index contributed by atoms with van der Waals surface area (Å²) in [7, 11) is -1.03. The van der Waals surface area contributed by atoms with Gasteiger partial charge < -0.3 is 4.84 Å². The molecule has 0 N–H and O–H groups in total. The van der Waals surface area contributed by atoms with Crippen molar-refractivity contribution < 1.29 is 23.1 Å². The third-order valence-electron chi connectivity index (χ3n) is 4.31. The van der Waals surface area contributed by atoms with Gasteiger partial charge in [-0.25, -0.2) is 0 Å². The van der Waals surface area contributed by atoms with Gasteiger partial charge >= 0.3 is 6.18 Å². The molecule has 29 heavy (non-hydrogen) atoms. The quantitative estimate of drug-likeness (QED) is 0.305. The molecule has 1 atom stereocenters. The highest BCUT2D eigenvalue weighted by Gasteiger charge is 2.31. The van der Waals surface area contributed by atoms with Crippen LogP contribution in [0.3, 0.4) is 0 Å². The van der Waals surface area contributed by atoms with E-state index in [9.17, 15) is 23.3 Å². The van der Waals surface area contributed by atoms with Gasteiger partial charge in [0, 0.05) is 6.16 Å². The van der Waals surface area contributed by atoms with Gasteiger partial charge in [0.15, 0.2) is 0 Å². The largest absolute Gasteiger partial charge is 0.416 e. The fourth-order valence-corrected chi connectivity index (χ4v) is 5.32. The fraction of sp³-hybridized carbons (Fsp3) is 0.143. The molecule has 0 aliphatic rings. The Morgan fingerprint density at radius 3 is 1.76 bits per heavy atom. The van der Waals surface area contributed by atoms with Crippen LogP contribution in [0.2, 0.25) is 0 Å². The van der Waals surface area contributed by atoms with Crippen molar-refractivity contribution in [3.8, 4) is 0 Å². The van der Waals surface area contributed by atoms with Gasteiger partial charge in [-0.15, -0.1) is 10.1 Å². The monoisotopic (exact) mass is 419 g/mol. The van der Waals surface area contributed by atoms with Crippen LogP contribution < -0.4 is 10.6 Å². The molecule has 0 saturated carbocycles. The summed E-state index contributed by atoms with van der Waals surface area (Å²) in [6.45, 7) is 0. The molecule has 0 saturated heterocycles. The molecule has 3 aromatic rings. The first kappa shape index (κ1) is 20.8. The zero-order valence-electron chi connectivity index (χ0n) is 15.1. The lowest BCUT2D eigenvalue weighted by atomic mass is 10.1. The molecule has 0 fully saturated rings. The smallest absolute Gasteiger partial charge is 0.305 e. The second-order valence-corrected chi connectivity index (χ2v) is 8.47. The summed E-state index contributed by atoms with van der Waals surface area (Å²) in [5, 5.41) is 12.2. The van der Waals surface area contributed by atoms with E-state index < -0.39 is 30.9 Å². The molecule has 0 aromatic heterocycles. The molecule has 0 aliphatic carbocycles. The van der Waals surface area contributed by atoms with Gasteiger partial charge in [0.05, 0.1) is 5.56 Å². The van der Waals surface area contributed by atoms with Crippen molar-refractivity contribution in [2.24, 2.45) is 0 Å². The molecule has 3 rings (SSSR count). The summed E-state index contributed by atoms with van der Waals surface area (Å²) in [5.74, 6) is 0. The minimum Gasteiger partial charge on any atom is -0.305 e. The normalized spacial score (nSPS) is 12.6. The minimum atomic E-state index is -4.47.